The third-order valence-corrected chi connectivity index (χ3v) is 23.3. The van der Waals surface area contributed by atoms with Crippen LogP contribution in [0.5, 0.6) is 0 Å². The van der Waals surface area contributed by atoms with Crippen LogP contribution in [-0.4, -0.2) is 18.4 Å². The fourth-order valence-electron chi connectivity index (χ4n) is 5.08. The fraction of sp³-hybridized carbons (Fsp3) is 0.920. The molecule has 0 aromatic rings. The van der Waals surface area contributed by atoms with Gasteiger partial charge in [0.15, 0.2) is 0 Å². The zero-order valence-electron chi connectivity index (χ0n) is 18.9. The Morgan fingerprint density at radius 1 is 0.731 bits per heavy atom. The summed E-state index contributed by atoms with van der Waals surface area (Å²) in [4.78, 5) is 0. The molecular formula is C25H50Sn. The molecule has 0 aromatic heterocycles. The van der Waals surface area contributed by atoms with Crippen LogP contribution in [0.25, 0.3) is 0 Å². The van der Waals surface area contributed by atoms with Gasteiger partial charge in [-0.1, -0.05) is 0 Å². The van der Waals surface area contributed by atoms with Crippen molar-refractivity contribution in [3.63, 3.8) is 0 Å². The standard InChI is InChI=1S/C13H23.3C4H9.Sn/c1-2-3-4-5-7-10-13-11-8-6-9-12-13;3*1-3-4-2;/h7,13H,2-4,6,8-12H2,1H3;3*1,3-4H2,2H3;. The Bertz CT molecular complexity index is 329. The molecule has 1 aliphatic carbocycles. The third kappa shape index (κ3) is 9.15. The van der Waals surface area contributed by atoms with Crippen molar-refractivity contribution in [1.82, 2.24) is 0 Å². The molecule has 1 heteroatoms. The van der Waals surface area contributed by atoms with Crippen molar-refractivity contribution in [3.8, 4) is 0 Å². The number of hydrogen-bond donors (Lipinski definition) is 0. The Balaban J connectivity index is 3.00. The van der Waals surface area contributed by atoms with Gasteiger partial charge in [-0.25, -0.2) is 0 Å². The van der Waals surface area contributed by atoms with Crippen molar-refractivity contribution in [1.29, 1.82) is 0 Å². The molecule has 0 saturated heterocycles. The average molecular weight is 469 g/mol. The summed E-state index contributed by atoms with van der Waals surface area (Å²) in [6.45, 7) is 9.62. The van der Waals surface area contributed by atoms with Crippen LogP contribution in [0.4, 0.5) is 0 Å². The molecule has 0 bridgehead atoms. The van der Waals surface area contributed by atoms with Gasteiger partial charge in [0.1, 0.15) is 0 Å². The summed E-state index contributed by atoms with van der Waals surface area (Å²) in [5.74, 6) is 1.02. The second-order valence-corrected chi connectivity index (χ2v) is 22.6. The van der Waals surface area contributed by atoms with E-state index >= 15 is 0 Å². The summed E-state index contributed by atoms with van der Waals surface area (Å²) in [5, 5.41) is 0. The molecule has 0 radical (unpaired) electrons. The van der Waals surface area contributed by atoms with Crippen molar-refractivity contribution >= 4 is 18.4 Å². The second-order valence-electron chi connectivity index (χ2n) is 9.16. The summed E-state index contributed by atoms with van der Waals surface area (Å²) in [6, 6.07) is 0. The molecule has 26 heavy (non-hydrogen) atoms. The van der Waals surface area contributed by atoms with Crippen LogP contribution in [-0.2, 0) is 0 Å². The monoisotopic (exact) mass is 470 g/mol. The van der Waals surface area contributed by atoms with E-state index in [1.165, 1.54) is 96.3 Å². The summed E-state index contributed by atoms with van der Waals surface area (Å²) >= 11 is -2.16. The van der Waals surface area contributed by atoms with Gasteiger partial charge in [-0.3, -0.25) is 0 Å². The van der Waals surface area contributed by atoms with Crippen LogP contribution in [0.3, 0.4) is 0 Å². The SMILES string of the molecule is CCCC/[C](=C/CC1CCCCC1)[Sn]([CH2]CCC)([CH2]CCC)[CH2]CCC. The van der Waals surface area contributed by atoms with E-state index in [4.69, 9.17) is 0 Å². The second kappa shape index (κ2) is 15.5. The van der Waals surface area contributed by atoms with Gasteiger partial charge < -0.3 is 0 Å². The fourth-order valence-corrected chi connectivity index (χ4v) is 22.4. The van der Waals surface area contributed by atoms with E-state index in [1.54, 1.807) is 13.3 Å². The topological polar surface area (TPSA) is 0 Å². The number of unbranched alkanes of at least 4 members (excludes halogenated alkanes) is 4. The molecule has 1 saturated carbocycles. The first-order valence-electron chi connectivity index (χ1n) is 12.4. The number of rotatable bonds is 15. The van der Waals surface area contributed by atoms with E-state index in [0.717, 1.165) is 5.92 Å². The van der Waals surface area contributed by atoms with Gasteiger partial charge in [0.2, 0.25) is 0 Å². The predicted octanol–water partition coefficient (Wildman–Crippen LogP) is 9.46. The Morgan fingerprint density at radius 2 is 1.23 bits per heavy atom. The molecule has 1 aliphatic rings. The van der Waals surface area contributed by atoms with E-state index in [9.17, 15) is 0 Å². The van der Waals surface area contributed by atoms with E-state index < -0.39 is 18.4 Å². The van der Waals surface area contributed by atoms with Gasteiger partial charge in [-0.2, -0.15) is 0 Å². The summed E-state index contributed by atoms with van der Waals surface area (Å²) in [5.41, 5.74) is 0. The zero-order chi connectivity index (χ0) is 19.1. The summed E-state index contributed by atoms with van der Waals surface area (Å²) in [7, 11) is 0. The normalized spacial score (nSPS) is 17.0. The van der Waals surface area contributed by atoms with Crippen LogP contribution in [0.15, 0.2) is 9.67 Å². The van der Waals surface area contributed by atoms with Crippen LogP contribution >= 0.6 is 0 Å². The molecule has 0 atom stereocenters. The number of hydrogen-bond acceptors (Lipinski definition) is 0. The van der Waals surface area contributed by atoms with Crippen molar-refractivity contribution in [2.24, 2.45) is 5.92 Å². The zero-order valence-corrected chi connectivity index (χ0v) is 21.7. The van der Waals surface area contributed by atoms with Crippen LogP contribution in [0.1, 0.15) is 124 Å². The molecular weight excluding hydrogens is 419 g/mol. The molecule has 1 fully saturated rings. The van der Waals surface area contributed by atoms with E-state index in [1.807, 2.05) is 0 Å². The van der Waals surface area contributed by atoms with Gasteiger partial charge >= 0.3 is 171 Å². The maximum absolute atomic E-state index is 2.88. The Morgan fingerprint density at radius 3 is 1.69 bits per heavy atom. The molecule has 0 aliphatic heterocycles. The first-order valence-corrected chi connectivity index (χ1v) is 19.9. The van der Waals surface area contributed by atoms with Crippen molar-refractivity contribution < 1.29 is 0 Å². The molecule has 0 unspecified atom stereocenters. The van der Waals surface area contributed by atoms with Gasteiger partial charge in [0, 0.05) is 0 Å². The van der Waals surface area contributed by atoms with E-state index in [0.29, 0.717) is 0 Å². The minimum atomic E-state index is -2.16. The van der Waals surface area contributed by atoms with Crippen molar-refractivity contribution in [3.05, 3.63) is 9.67 Å². The quantitative estimate of drug-likeness (QED) is 0.210. The van der Waals surface area contributed by atoms with Crippen LogP contribution in [0.2, 0.25) is 13.3 Å². The molecule has 0 heterocycles. The summed E-state index contributed by atoms with van der Waals surface area (Å²) in [6.07, 6.45) is 24.9. The van der Waals surface area contributed by atoms with Crippen LogP contribution < -0.4 is 0 Å². The molecule has 0 amide bonds. The molecule has 0 N–H and O–H groups in total. The van der Waals surface area contributed by atoms with E-state index in [2.05, 4.69) is 37.4 Å². The van der Waals surface area contributed by atoms with Crippen LogP contribution in [0, 0.1) is 5.92 Å². The predicted molar refractivity (Wildman–Crippen MR) is 124 cm³/mol. The van der Waals surface area contributed by atoms with Gasteiger partial charge in [-0.05, 0) is 0 Å². The molecule has 0 spiro atoms. The van der Waals surface area contributed by atoms with Crippen molar-refractivity contribution in [2.45, 2.75) is 137 Å². The Kier molecular flexibility index (Phi) is 14.6. The van der Waals surface area contributed by atoms with Gasteiger partial charge in [-0.15, -0.1) is 0 Å². The van der Waals surface area contributed by atoms with E-state index in [-0.39, 0.29) is 0 Å². The molecule has 154 valence electrons. The Hall–Kier alpha value is 0.539. The Labute approximate surface area is 170 Å². The first-order chi connectivity index (χ1) is 12.7. The van der Waals surface area contributed by atoms with Gasteiger partial charge in [0.25, 0.3) is 0 Å². The molecule has 1 rings (SSSR count). The maximum atomic E-state index is 2.88. The van der Waals surface area contributed by atoms with Crippen molar-refractivity contribution in [2.75, 3.05) is 0 Å². The minimum absolute atomic E-state index is 1.02. The van der Waals surface area contributed by atoms with Gasteiger partial charge in [0.05, 0.1) is 0 Å². The average Bonchev–Trinajstić information content (AvgIpc) is 2.69. The first kappa shape index (κ1) is 24.6. The molecule has 0 aromatic carbocycles. The molecule has 0 nitrogen and oxygen atoms in total. The third-order valence-electron chi connectivity index (χ3n) is 6.93. The number of allylic oxidation sites excluding steroid dienone is 2. The summed E-state index contributed by atoms with van der Waals surface area (Å²) < 4.78 is 7.07.